The summed E-state index contributed by atoms with van der Waals surface area (Å²) in [6.45, 7) is 0.794. The molecule has 0 amide bonds. The van der Waals surface area contributed by atoms with Crippen LogP contribution in [0.3, 0.4) is 0 Å². The maximum absolute atomic E-state index is 6.64. The predicted octanol–water partition coefficient (Wildman–Crippen LogP) is 2.29. The molecule has 2 fully saturated rings. The van der Waals surface area contributed by atoms with Gasteiger partial charge in [-0.1, -0.05) is 24.6 Å². The average molecular weight is 215 g/mol. The molecular weight excluding hydrogens is 198 g/mol. The molecule has 2 saturated carbocycles. The summed E-state index contributed by atoms with van der Waals surface area (Å²) in [6, 6.07) is 8.40. The first-order valence-corrected chi connectivity index (χ1v) is 6.32. The normalized spacial score (nSPS) is 43.7. The van der Waals surface area contributed by atoms with Crippen LogP contribution in [0.2, 0.25) is 0 Å². The summed E-state index contributed by atoms with van der Waals surface area (Å²) in [6.07, 6.45) is 4.04. The third-order valence-corrected chi connectivity index (χ3v) is 4.99. The Bertz CT molecular complexity index is 432. The number of hydrogen-bond donors (Lipinski definition) is 1. The highest BCUT2D eigenvalue weighted by Crippen LogP contribution is 2.65. The minimum Gasteiger partial charge on any atom is -0.493 e. The highest BCUT2D eigenvalue weighted by Gasteiger charge is 2.68. The van der Waals surface area contributed by atoms with Gasteiger partial charge in [0.2, 0.25) is 0 Å². The zero-order valence-corrected chi connectivity index (χ0v) is 9.36. The van der Waals surface area contributed by atoms with Crippen LogP contribution in [0.5, 0.6) is 5.75 Å². The summed E-state index contributed by atoms with van der Waals surface area (Å²) in [5, 5.41) is 0. The molecule has 1 aromatic rings. The lowest BCUT2D eigenvalue weighted by atomic mass is 9.86. The summed E-state index contributed by atoms with van der Waals surface area (Å²) in [5.74, 6) is 3.04. The van der Waals surface area contributed by atoms with Crippen LogP contribution in [0.25, 0.3) is 0 Å². The molecule has 16 heavy (non-hydrogen) atoms. The number of ether oxygens (including phenoxy) is 1. The van der Waals surface area contributed by atoms with Gasteiger partial charge < -0.3 is 10.5 Å². The van der Waals surface area contributed by atoms with Gasteiger partial charge in [0.05, 0.1) is 6.61 Å². The van der Waals surface area contributed by atoms with Crippen molar-refractivity contribution in [3.63, 3.8) is 0 Å². The fraction of sp³-hybridized carbons (Fsp3) is 0.571. The summed E-state index contributed by atoms with van der Waals surface area (Å²) >= 11 is 0. The topological polar surface area (TPSA) is 35.2 Å². The molecule has 84 valence electrons. The first-order chi connectivity index (χ1) is 7.82. The van der Waals surface area contributed by atoms with Crippen LogP contribution in [0.15, 0.2) is 24.3 Å². The van der Waals surface area contributed by atoms with Gasteiger partial charge in [0.1, 0.15) is 5.75 Å². The Labute approximate surface area is 95.8 Å². The maximum atomic E-state index is 6.64. The summed E-state index contributed by atoms with van der Waals surface area (Å²) in [5.41, 5.74) is 8.04. The second kappa shape index (κ2) is 2.80. The molecule has 1 aliphatic heterocycles. The molecule has 2 N–H and O–H groups in total. The van der Waals surface area contributed by atoms with Gasteiger partial charge in [-0.2, -0.15) is 0 Å². The number of rotatable bonds is 1. The third-order valence-electron chi connectivity index (χ3n) is 4.99. The van der Waals surface area contributed by atoms with Crippen LogP contribution in [-0.2, 0) is 0 Å². The zero-order chi connectivity index (χ0) is 10.8. The van der Waals surface area contributed by atoms with Crippen molar-refractivity contribution in [3.05, 3.63) is 29.8 Å². The van der Waals surface area contributed by atoms with E-state index in [0.29, 0.717) is 5.92 Å². The molecule has 3 unspecified atom stereocenters. The quantitative estimate of drug-likeness (QED) is 0.780. The molecule has 1 heterocycles. The van der Waals surface area contributed by atoms with Crippen LogP contribution in [0.1, 0.15) is 30.7 Å². The highest BCUT2D eigenvalue weighted by molar-refractivity contribution is 5.45. The third kappa shape index (κ3) is 0.921. The number of para-hydroxylation sites is 1. The smallest absolute Gasteiger partial charge is 0.122 e. The van der Waals surface area contributed by atoms with Crippen molar-refractivity contribution >= 4 is 0 Å². The molecule has 0 aromatic heterocycles. The van der Waals surface area contributed by atoms with E-state index < -0.39 is 0 Å². The standard InChI is InChI=1S/C14H17NO/c15-14(10-5-3-6-11(10)14)12-8-16-13-7-2-1-4-9(12)13/h1-2,4,7,10-12H,3,5-6,8,15H2. The number of hydrogen-bond acceptors (Lipinski definition) is 2. The lowest BCUT2D eigenvalue weighted by Gasteiger charge is -2.22. The average Bonchev–Trinajstić information content (AvgIpc) is 2.81. The van der Waals surface area contributed by atoms with Gasteiger partial charge in [-0.3, -0.25) is 0 Å². The molecule has 0 spiro atoms. The van der Waals surface area contributed by atoms with E-state index in [0.717, 1.165) is 24.2 Å². The van der Waals surface area contributed by atoms with E-state index in [1.165, 1.54) is 24.8 Å². The number of benzene rings is 1. The lowest BCUT2D eigenvalue weighted by Crippen LogP contribution is -2.37. The van der Waals surface area contributed by atoms with Gasteiger partial charge in [-0.15, -0.1) is 0 Å². The van der Waals surface area contributed by atoms with Crippen LogP contribution < -0.4 is 10.5 Å². The molecule has 2 heteroatoms. The Balaban J connectivity index is 1.72. The van der Waals surface area contributed by atoms with Crippen molar-refractivity contribution in [1.82, 2.24) is 0 Å². The monoisotopic (exact) mass is 215 g/mol. The molecule has 2 nitrogen and oxygen atoms in total. The number of nitrogens with two attached hydrogens (primary N) is 1. The Morgan fingerprint density at radius 3 is 2.75 bits per heavy atom. The second-order valence-electron chi connectivity index (χ2n) is 5.55. The van der Waals surface area contributed by atoms with Crippen LogP contribution in [0.4, 0.5) is 0 Å². The van der Waals surface area contributed by atoms with Crippen LogP contribution >= 0.6 is 0 Å². The minimum absolute atomic E-state index is 0.0604. The van der Waals surface area contributed by atoms with E-state index in [4.69, 9.17) is 10.5 Å². The minimum atomic E-state index is 0.0604. The largest absolute Gasteiger partial charge is 0.493 e. The molecule has 0 saturated heterocycles. The fourth-order valence-corrected chi connectivity index (χ4v) is 4.14. The van der Waals surface area contributed by atoms with Crippen LogP contribution in [-0.4, -0.2) is 12.1 Å². The van der Waals surface area contributed by atoms with Crippen molar-refractivity contribution in [2.45, 2.75) is 30.7 Å². The maximum Gasteiger partial charge on any atom is 0.122 e. The molecule has 3 atom stereocenters. The second-order valence-corrected chi connectivity index (χ2v) is 5.55. The van der Waals surface area contributed by atoms with E-state index >= 15 is 0 Å². The SMILES string of the molecule is NC1(C2COc3ccccc32)C2CCCC21. The fourth-order valence-electron chi connectivity index (χ4n) is 4.14. The van der Waals surface area contributed by atoms with E-state index in [1.54, 1.807) is 0 Å². The molecule has 3 aliphatic rings. The van der Waals surface area contributed by atoms with Crippen molar-refractivity contribution in [3.8, 4) is 5.75 Å². The lowest BCUT2D eigenvalue weighted by molar-refractivity contribution is 0.290. The van der Waals surface area contributed by atoms with Gasteiger partial charge in [0, 0.05) is 17.0 Å². The van der Waals surface area contributed by atoms with Crippen molar-refractivity contribution in [1.29, 1.82) is 0 Å². The Kier molecular flexibility index (Phi) is 1.59. The number of fused-ring (bicyclic) bond motifs is 2. The van der Waals surface area contributed by atoms with Crippen LogP contribution in [0, 0.1) is 11.8 Å². The van der Waals surface area contributed by atoms with Crippen molar-refractivity contribution < 1.29 is 4.74 Å². The van der Waals surface area contributed by atoms with E-state index in [9.17, 15) is 0 Å². The van der Waals surface area contributed by atoms with E-state index in [1.807, 2.05) is 6.07 Å². The first-order valence-electron chi connectivity index (χ1n) is 6.32. The zero-order valence-electron chi connectivity index (χ0n) is 9.36. The molecular formula is C14H17NO. The summed E-state index contributed by atoms with van der Waals surface area (Å²) in [7, 11) is 0. The molecule has 0 radical (unpaired) electrons. The van der Waals surface area contributed by atoms with Gasteiger partial charge in [-0.05, 0) is 30.7 Å². The predicted molar refractivity (Wildman–Crippen MR) is 62.4 cm³/mol. The Morgan fingerprint density at radius 2 is 1.94 bits per heavy atom. The van der Waals surface area contributed by atoms with Gasteiger partial charge in [0.25, 0.3) is 0 Å². The Morgan fingerprint density at radius 1 is 1.19 bits per heavy atom. The van der Waals surface area contributed by atoms with Gasteiger partial charge >= 0.3 is 0 Å². The molecule has 0 bridgehead atoms. The summed E-state index contributed by atoms with van der Waals surface area (Å²) in [4.78, 5) is 0. The van der Waals surface area contributed by atoms with Gasteiger partial charge in [0.15, 0.2) is 0 Å². The Hall–Kier alpha value is -1.02. The van der Waals surface area contributed by atoms with Gasteiger partial charge in [-0.25, -0.2) is 0 Å². The van der Waals surface area contributed by atoms with Crippen molar-refractivity contribution in [2.24, 2.45) is 17.6 Å². The molecule has 2 aliphatic carbocycles. The highest BCUT2D eigenvalue weighted by atomic mass is 16.5. The molecule has 1 aromatic carbocycles. The van der Waals surface area contributed by atoms with E-state index in [-0.39, 0.29) is 5.54 Å². The first kappa shape index (κ1) is 9.06. The molecule has 4 rings (SSSR count). The van der Waals surface area contributed by atoms with Crippen molar-refractivity contribution in [2.75, 3.05) is 6.61 Å². The summed E-state index contributed by atoms with van der Waals surface area (Å²) < 4.78 is 5.76. The van der Waals surface area contributed by atoms with E-state index in [2.05, 4.69) is 18.2 Å².